The summed E-state index contributed by atoms with van der Waals surface area (Å²) in [6, 6.07) is 8.58. The molecule has 2 atom stereocenters. The van der Waals surface area contributed by atoms with Gasteiger partial charge < -0.3 is 21.1 Å². The maximum absolute atomic E-state index is 11.5. The van der Waals surface area contributed by atoms with Crippen molar-refractivity contribution in [1.82, 2.24) is 15.5 Å². The molecule has 1 aromatic rings. The van der Waals surface area contributed by atoms with Crippen molar-refractivity contribution in [2.24, 2.45) is 22.6 Å². The van der Waals surface area contributed by atoms with Crippen molar-refractivity contribution in [2.75, 3.05) is 33.3 Å². The third-order valence-corrected chi connectivity index (χ3v) is 5.83. The summed E-state index contributed by atoms with van der Waals surface area (Å²) in [5.41, 5.74) is 7.97. The predicted octanol–water partition coefficient (Wildman–Crippen LogP) is 3.12. The SMILES string of the molecule is CCOC(CCNC(=NC)NCc1cccc(CN2CCCC(C(N)=O)C2)c1)C(C)C.I. The molecule has 0 aliphatic carbocycles. The topological polar surface area (TPSA) is 92.0 Å². The molecule has 8 heteroatoms. The molecule has 1 fully saturated rings. The Kier molecular flexibility index (Phi) is 13.8. The number of hydrogen-bond acceptors (Lipinski definition) is 4. The minimum Gasteiger partial charge on any atom is -0.378 e. The Balaban J connectivity index is 0.00000512. The monoisotopic (exact) mass is 559 g/mol. The Morgan fingerprint density at radius 2 is 2.06 bits per heavy atom. The van der Waals surface area contributed by atoms with Crippen LogP contribution in [0.2, 0.25) is 0 Å². The minimum atomic E-state index is -0.178. The van der Waals surface area contributed by atoms with Gasteiger partial charge in [0.25, 0.3) is 0 Å². The van der Waals surface area contributed by atoms with Gasteiger partial charge in [-0.25, -0.2) is 0 Å². The number of carbonyl (C=O) groups is 1. The van der Waals surface area contributed by atoms with Crippen LogP contribution in [0.5, 0.6) is 0 Å². The summed E-state index contributed by atoms with van der Waals surface area (Å²) in [5, 5.41) is 6.78. The highest BCUT2D eigenvalue weighted by Gasteiger charge is 2.23. The number of nitrogens with two attached hydrogens (primary N) is 1. The van der Waals surface area contributed by atoms with Crippen LogP contribution in [0, 0.1) is 11.8 Å². The minimum absolute atomic E-state index is 0. The van der Waals surface area contributed by atoms with E-state index in [0.717, 1.165) is 58.0 Å². The van der Waals surface area contributed by atoms with E-state index in [-0.39, 0.29) is 41.9 Å². The first-order valence-electron chi connectivity index (χ1n) is 11.6. The zero-order valence-electron chi connectivity index (χ0n) is 20.1. The normalized spacial score (nSPS) is 18.2. The number of nitrogens with one attached hydrogen (secondary N) is 2. The molecule has 1 amide bonds. The van der Waals surface area contributed by atoms with E-state index in [1.165, 1.54) is 11.1 Å². The third kappa shape index (κ3) is 10.0. The first-order chi connectivity index (χ1) is 14.9. The summed E-state index contributed by atoms with van der Waals surface area (Å²) in [6.07, 6.45) is 3.14. The van der Waals surface area contributed by atoms with Gasteiger partial charge in [0.2, 0.25) is 5.91 Å². The fourth-order valence-electron chi connectivity index (χ4n) is 4.09. The zero-order chi connectivity index (χ0) is 22.6. The molecule has 0 saturated carbocycles. The smallest absolute Gasteiger partial charge is 0.221 e. The molecule has 1 heterocycles. The van der Waals surface area contributed by atoms with Gasteiger partial charge in [0, 0.05) is 39.8 Å². The first kappa shape index (κ1) is 28.6. The van der Waals surface area contributed by atoms with E-state index in [1.807, 2.05) is 6.92 Å². The van der Waals surface area contributed by atoms with Gasteiger partial charge in [-0.05, 0) is 49.8 Å². The van der Waals surface area contributed by atoms with Crippen molar-refractivity contribution < 1.29 is 9.53 Å². The lowest BCUT2D eigenvalue weighted by molar-refractivity contribution is -0.123. The zero-order valence-corrected chi connectivity index (χ0v) is 22.4. The van der Waals surface area contributed by atoms with E-state index >= 15 is 0 Å². The van der Waals surface area contributed by atoms with Crippen LogP contribution in [0.3, 0.4) is 0 Å². The Labute approximate surface area is 211 Å². The second kappa shape index (κ2) is 15.4. The number of halogens is 1. The Morgan fingerprint density at radius 1 is 1.31 bits per heavy atom. The number of ether oxygens (including phenoxy) is 1. The summed E-state index contributed by atoms with van der Waals surface area (Å²) >= 11 is 0. The molecule has 4 N–H and O–H groups in total. The van der Waals surface area contributed by atoms with E-state index in [1.54, 1.807) is 7.05 Å². The molecule has 7 nitrogen and oxygen atoms in total. The highest BCUT2D eigenvalue weighted by atomic mass is 127. The number of hydrogen-bond donors (Lipinski definition) is 3. The van der Waals surface area contributed by atoms with E-state index in [2.05, 4.69) is 58.6 Å². The van der Waals surface area contributed by atoms with Gasteiger partial charge in [0.15, 0.2) is 5.96 Å². The Hall–Kier alpha value is -1.39. The van der Waals surface area contributed by atoms with Gasteiger partial charge in [-0.1, -0.05) is 38.1 Å². The van der Waals surface area contributed by atoms with Gasteiger partial charge in [-0.3, -0.25) is 14.7 Å². The van der Waals surface area contributed by atoms with Crippen molar-refractivity contribution in [1.29, 1.82) is 0 Å². The molecule has 2 unspecified atom stereocenters. The number of nitrogens with zero attached hydrogens (tertiary/aromatic N) is 2. The molecule has 1 aromatic carbocycles. The van der Waals surface area contributed by atoms with Crippen LogP contribution in [0.4, 0.5) is 0 Å². The highest BCUT2D eigenvalue weighted by Crippen LogP contribution is 2.18. The van der Waals surface area contributed by atoms with Crippen molar-refractivity contribution in [3.63, 3.8) is 0 Å². The van der Waals surface area contributed by atoms with Crippen LogP contribution in [0.15, 0.2) is 29.3 Å². The standard InChI is InChI=1S/C24H41N5O2.HI/c1-5-31-22(18(2)3)11-12-27-24(26-4)28-15-19-8-6-9-20(14-19)16-29-13-7-10-21(17-29)23(25)30;/h6,8-9,14,18,21-22H,5,7,10-13,15-17H2,1-4H3,(H2,25,30)(H2,26,27,28);1H. The summed E-state index contributed by atoms with van der Waals surface area (Å²) in [5.74, 6) is 1.09. The number of aliphatic imine (C=N–C) groups is 1. The van der Waals surface area contributed by atoms with Crippen molar-refractivity contribution in [3.8, 4) is 0 Å². The van der Waals surface area contributed by atoms with Crippen LogP contribution in [-0.4, -0.2) is 56.2 Å². The number of piperidine rings is 1. The summed E-state index contributed by atoms with van der Waals surface area (Å²) < 4.78 is 5.81. The number of primary amides is 1. The number of likely N-dealkylation sites (tertiary alicyclic amines) is 1. The number of benzene rings is 1. The molecular weight excluding hydrogens is 517 g/mol. The lowest BCUT2D eigenvalue weighted by Gasteiger charge is -2.31. The lowest BCUT2D eigenvalue weighted by atomic mass is 9.97. The Morgan fingerprint density at radius 3 is 2.72 bits per heavy atom. The second-order valence-electron chi connectivity index (χ2n) is 8.68. The molecule has 0 bridgehead atoms. The molecule has 1 aliphatic heterocycles. The molecule has 2 rings (SSSR count). The summed E-state index contributed by atoms with van der Waals surface area (Å²) in [7, 11) is 1.79. The molecule has 0 spiro atoms. The largest absolute Gasteiger partial charge is 0.378 e. The quantitative estimate of drug-likeness (QED) is 0.220. The van der Waals surface area contributed by atoms with Crippen molar-refractivity contribution >= 4 is 35.8 Å². The molecule has 0 aromatic heterocycles. The first-order valence-corrected chi connectivity index (χ1v) is 11.6. The number of carbonyl (C=O) groups excluding carboxylic acids is 1. The fraction of sp³-hybridized carbons (Fsp3) is 0.667. The molecule has 1 aliphatic rings. The van der Waals surface area contributed by atoms with Crippen molar-refractivity contribution in [2.45, 2.75) is 59.2 Å². The number of rotatable bonds is 11. The number of amides is 1. The van der Waals surface area contributed by atoms with E-state index < -0.39 is 0 Å². The molecule has 182 valence electrons. The van der Waals surface area contributed by atoms with Crippen LogP contribution in [0.25, 0.3) is 0 Å². The van der Waals surface area contributed by atoms with E-state index in [9.17, 15) is 4.79 Å². The third-order valence-electron chi connectivity index (χ3n) is 5.83. The molecular formula is C24H42IN5O2. The highest BCUT2D eigenvalue weighted by molar-refractivity contribution is 14.0. The van der Waals surface area contributed by atoms with Crippen LogP contribution in [0.1, 0.15) is 51.2 Å². The Bertz CT molecular complexity index is 713. The average Bonchev–Trinajstić information content (AvgIpc) is 2.75. The molecule has 0 radical (unpaired) electrons. The predicted molar refractivity (Wildman–Crippen MR) is 142 cm³/mol. The van der Waals surface area contributed by atoms with Crippen molar-refractivity contribution in [3.05, 3.63) is 35.4 Å². The van der Waals surface area contributed by atoms with Gasteiger partial charge in [0.1, 0.15) is 0 Å². The van der Waals surface area contributed by atoms with E-state index in [4.69, 9.17) is 10.5 Å². The van der Waals surface area contributed by atoms with Crippen LogP contribution >= 0.6 is 24.0 Å². The van der Waals surface area contributed by atoms with Crippen LogP contribution < -0.4 is 16.4 Å². The lowest BCUT2D eigenvalue weighted by Crippen LogP contribution is -2.40. The van der Waals surface area contributed by atoms with Gasteiger partial charge in [-0.2, -0.15) is 0 Å². The van der Waals surface area contributed by atoms with Crippen LogP contribution in [-0.2, 0) is 22.6 Å². The maximum atomic E-state index is 11.5. The average molecular weight is 560 g/mol. The van der Waals surface area contributed by atoms with Gasteiger partial charge in [-0.15, -0.1) is 24.0 Å². The molecule has 32 heavy (non-hydrogen) atoms. The van der Waals surface area contributed by atoms with Gasteiger partial charge >= 0.3 is 0 Å². The second-order valence-corrected chi connectivity index (χ2v) is 8.68. The summed E-state index contributed by atoms with van der Waals surface area (Å²) in [6.45, 7) is 11.3. The molecule has 1 saturated heterocycles. The van der Waals surface area contributed by atoms with Gasteiger partial charge in [0.05, 0.1) is 12.0 Å². The van der Waals surface area contributed by atoms with E-state index in [0.29, 0.717) is 12.5 Å². The maximum Gasteiger partial charge on any atom is 0.221 e. The fourth-order valence-corrected chi connectivity index (χ4v) is 4.09. The number of guanidine groups is 1. The summed E-state index contributed by atoms with van der Waals surface area (Å²) in [4.78, 5) is 18.2.